The van der Waals surface area contributed by atoms with E-state index in [2.05, 4.69) is 41.9 Å². The molecular weight excluding hydrogens is 989 g/mol. The Labute approximate surface area is 440 Å². The van der Waals surface area contributed by atoms with Crippen LogP contribution in [0.25, 0.3) is 10.4 Å². The fourth-order valence-corrected chi connectivity index (χ4v) is 7.75. The van der Waals surface area contributed by atoms with Gasteiger partial charge in [0.15, 0.2) is 11.5 Å². The number of nitrogens with one attached hydrogen (secondary N) is 6. The molecule has 3 aromatic rings. The molecule has 0 aromatic heterocycles. The molecule has 0 radical (unpaired) electrons. The highest BCUT2D eigenvalue weighted by Gasteiger charge is 2.28. The molecule has 76 heavy (non-hydrogen) atoms. The zero-order chi connectivity index (χ0) is 55.7. The van der Waals surface area contributed by atoms with E-state index in [9.17, 15) is 53.4 Å². The first kappa shape index (κ1) is 61.9. The van der Waals surface area contributed by atoms with Crippen molar-refractivity contribution in [2.45, 2.75) is 121 Å². The second-order valence-electron chi connectivity index (χ2n) is 17.7. The second kappa shape index (κ2) is 34.9. The lowest BCUT2D eigenvalue weighted by molar-refractivity contribution is -0.141. The number of hydrogen-bond donors (Lipinski definition) is 9. The van der Waals surface area contributed by atoms with Crippen LogP contribution < -0.4 is 41.4 Å². The van der Waals surface area contributed by atoms with E-state index in [-0.39, 0.29) is 83.6 Å². The number of urea groups is 1. The third-order valence-corrected chi connectivity index (χ3v) is 11.8. The molecule has 0 saturated heterocycles. The summed E-state index contributed by atoms with van der Waals surface area (Å²) in [5.41, 5.74) is 10.8. The molecule has 412 valence electrons. The summed E-state index contributed by atoms with van der Waals surface area (Å²) in [6.07, 6.45) is 1.60. The van der Waals surface area contributed by atoms with Gasteiger partial charge in [0, 0.05) is 76.2 Å². The number of azide groups is 1. The molecule has 4 atom stereocenters. The van der Waals surface area contributed by atoms with Crippen LogP contribution in [-0.4, -0.2) is 138 Å². The molecule has 24 heteroatoms. The third kappa shape index (κ3) is 24.5. The maximum absolute atomic E-state index is 13.8. The van der Waals surface area contributed by atoms with Crippen molar-refractivity contribution in [1.82, 2.24) is 36.8 Å². The number of unbranched alkanes of at least 4 members (excludes halogenated alkanes) is 3. The van der Waals surface area contributed by atoms with E-state index in [0.29, 0.717) is 43.6 Å². The number of carbonyl (C=O) groups is 9. The van der Waals surface area contributed by atoms with Gasteiger partial charge in [-0.15, -0.1) is 0 Å². The summed E-state index contributed by atoms with van der Waals surface area (Å²) in [5.74, 6) is -5.34. The number of hydrogen-bond acceptors (Lipinski definition) is 12. The molecule has 0 heterocycles. The summed E-state index contributed by atoms with van der Waals surface area (Å²) in [7, 11) is 2.98. The van der Waals surface area contributed by atoms with Crippen LogP contribution in [0.4, 0.5) is 4.79 Å². The van der Waals surface area contributed by atoms with Crippen molar-refractivity contribution in [3.8, 4) is 11.5 Å². The van der Waals surface area contributed by atoms with Gasteiger partial charge in [0.05, 0.1) is 14.2 Å². The zero-order valence-corrected chi connectivity index (χ0v) is 42.9. The Morgan fingerprint density at radius 2 is 1.17 bits per heavy atom. The van der Waals surface area contributed by atoms with Crippen molar-refractivity contribution in [3.63, 3.8) is 0 Å². The molecule has 0 spiro atoms. The summed E-state index contributed by atoms with van der Waals surface area (Å²) in [5, 5.41) is 46.9. The smallest absolute Gasteiger partial charge is 0.326 e. The topological polar surface area (TPSA) is 357 Å². The molecule has 3 aromatic carbocycles. The minimum absolute atomic E-state index is 0.0574. The van der Waals surface area contributed by atoms with Gasteiger partial charge in [-0.1, -0.05) is 78.3 Å². The van der Waals surface area contributed by atoms with E-state index < -0.39 is 84.6 Å². The lowest BCUT2D eigenvalue weighted by Crippen LogP contribution is -2.55. The van der Waals surface area contributed by atoms with Gasteiger partial charge < -0.3 is 61.6 Å². The van der Waals surface area contributed by atoms with Crippen molar-refractivity contribution < 1.29 is 67.9 Å². The molecule has 0 aliphatic rings. The van der Waals surface area contributed by atoms with Crippen molar-refractivity contribution in [1.29, 1.82) is 0 Å². The molecule has 0 unspecified atom stereocenters. The molecule has 24 nitrogen and oxygen atoms in total. The van der Waals surface area contributed by atoms with Gasteiger partial charge in [0.1, 0.15) is 24.2 Å². The maximum atomic E-state index is 13.8. The first-order valence-electron chi connectivity index (χ1n) is 25.0. The van der Waals surface area contributed by atoms with Crippen LogP contribution in [-0.2, 0) is 57.7 Å². The maximum Gasteiger partial charge on any atom is 0.326 e. The molecule has 0 aliphatic carbocycles. The number of amides is 7. The van der Waals surface area contributed by atoms with E-state index in [1.165, 1.54) is 14.2 Å². The first-order chi connectivity index (χ1) is 36.5. The summed E-state index contributed by atoms with van der Waals surface area (Å²) >= 11 is 0. The minimum atomic E-state index is -1.55. The quantitative estimate of drug-likeness (QED) is 0.0171. The van der Waals surface area contributed by atoms with Crippen LogP contribution in [0.1, 0.15) is 93.7 Å². The SMILES string of the molecule is COc1ccc(CN(CCCC[C@H](NC(=O)N[C@@H](CCC(=O)O)C(=O)O)C(=O)O)C(=O)CCCCCNC(=O)CCC(=O)N[C@@H](Cc2ccccc2)C(=O)N[C@@H](Cc2ccccc2)C(=O)NCCCN=[N+]=[N-])cc1OC. The van der Waals surface area contributed by atoms with Gasteiger partial charge in [0.2, 0.25) is 29.5 Å². The van der Waals surface area contributed by atoms with Gasteiger partial charge in [-0.25, -0.2) is 14.4 Å². The monoisotopic (exact) mass is 1060 g/mol. The van der Waals surface area contributed by atoms with Crippen molar-refractivity contribution in [2.75, 3.05) is 40.4 Å². The predicted octanol–water partition coefficient (Wildman–Crippen LogP) is 4.00. The summed E-state index contributed by atoms with van der Waals surface area (Å²) < 4.78 is 10.8. The molecule has 0 bridgehead atoms. The lowest BCUT2D eigenvalue weighted by Gasteiger charge is -2.24. The Morgan fingerprint density at radius 1 is 0.579 bits per heavy atom. The molecule has 7 amide bonds. The van der Waals surface area contributed by atoms with E-state index >= 15 is 0 Å². The van der Waals surface area contributed by atoms with Gasteiger partial charge in [-0.3, -0.25) is 28.8 Å². The van der Waals surface area contributed by atoms with Crippen molar-refractivity contribution in [3.05, 3.63) is 106 Å². The Morgan fingerprint density at radius 3 is 1.76 bits per heavy atom. The second-order valence-corrected chi connectivity index (χ2v) is 17.7. The Balaban J connectivity index is 1.53. The number of aliphatic carboxylic acids is 3. The number of nitrogens with zero attached hydrogens (tertiary/aromatic N) is 4. The third-order valence-electron chi connectivity index (χ3n) is 11.8. The normalized spacial score (nSPS) is 12.2. The highest BCUT2D eigenvalue weighted by Crippen LogP contribution is 2.28. The number of carboxylic acids is 3. The van der Waals surface area contributed by atoms with Gasteiger partial charge in [-0.2, -0.15) is 0 Å². The average Bonchev–Trinajstić information content (AvgIpc) is 3.40. The lowest BCUT2D eigenvalue weighted by atomic mass is 10.0. The van der Waals surface area contributed by atoms with Crippen LogP contribution in [0.3, 0.4) is 0 Å². The van der Waals surface area contributed by atoms with Crippen LogP contribution in [0.2, 0.25) is 0 Å². The molecule has 0 aliphatic heterocycles. The van der Waals surface area contributed by atoms with Crippen molar-refractivity contribution >= 4 is 53.5 Å². The summed E-state index contributed by atoms with van der Waals surface area (Å²) in [4.78, 5) is 118. The fourth-order valence-electron chi connectivity index (χ4n) is 7.75. The molecule has 0 saturated carbocycles. The summed E-state index contributed by atoms with van der Waals surface area (Å²) in [6.45, 7) is 1.08. The predicted molar refractivity (Wildman–Crippen MR) is 277 cm³/mol. The largest absolute Gasteiger partial charge is 0.493 e. The van der Waals surface area contributed by atoms with Gasteiger partial charge in [-0.05, 0) is 79.3 Å². The highest BCUT2D eigenvalue weighted by atomic mass is 16.5. The van der Waals surface area contributed by atoms with Crippen LogP contribution in [0, 0.1) is 0 Å². The number of carbonyl (C=O) groups excluding carboxylic acids is 6. The molecule has 3 rings (SSSR count). The minimum Gasteiger partial charge on any atom is -0.493 e. The summed E-state index contributed by atoms with van der Waals surface area (Å²) in [6, 6.07) is 17.2. The van der Waals surface area contributed by atoms with Gasteiger partial charge >= 0.3 is 23.9 Å². The van der Waals surface area contributed by atoms with E-state index in [1.807, 2.05) is 36.4 Å². The standard InChI is InChI=1S/C52H70N10O14/c1-75-42-23-21-37(33-43(42)76-2)34-62(30-13-11-19-38(50(70)71)59-52(74)60-39(51(72)73)22-26-47(66)67)46(65)20-10-5-12-27-54-44(63)24-25-45(64)57-41(32-36-17-8-4-9-18-36)49(69)58-40(31-35-15-6-3-7-16-35)48(68)55-28-14-29-56-61-53/h3-4,6-9,15-18,21,23,33,38-41H,5,10-14,19-20,22,24-32,34H2,1-2H3,(H,54,63)(H,55,68)(H,57,64)(H,58,69)(H,66,67)(H,70,71)(H,72,73)(H2,59,60,74)/t38-,39-,40-,41-/m0/s1. The number of methoxy groups -OCH3 is 2. The van der Waals surface area contributed by atoms with Crippen LogP contribution >= 0.6 is 0 Å². The van der Waals surface area contributed by atoms with Crippen LogP contribution in [0.5, 0.6) is 11.5 Å². The molecular formula is C52H70N10O14. The first-order valence-corrected chi connectivity index (χ1v) is 25.0. The Bertz CT molecular complexity index is 2420. The highest BCUT2D eigenvalue weighted by molar-refractivity contribution is 5.93. The molecule has 9 N–H and O–H groups in total. The zero-order valence-electron chi connectivity index (χ0n) is 42.9. The van der Waals surface area contributed by atoms with Crippen molar-refractivity contribution in [2.24, 2.45) is 5.11 Å². The number of ether oxygens (including phenoxy) is 2. The number of carboxylic acid groups (broad SMARTS) is 3. The van der Waals surface area contributed by atoms with E-state index in [0.717, 1.165) is 16.7 Å². The van der Waals surface area contributed by atoms with E-state index in [1.54, 1.807) is 47.4 Å². The average molecular weight is 1060 g/mol. The number of rotatable bonds is 37. The fraction of sp³-hybridized carbons (Fsp3) is 0.481. The van der Waals surface area contributed by atoms with Crippen LogP contribution in [0.15, 0.2) is 84.0 Å². The van der Waals surface area contributed by atoms with Gasteiger partial charge in [0.25, 0.3) is 0 Å². The van der Waals surface area contributed by atoms with E-state index in [4.69, 9.17) is 20.1 Å². The Hall–Kier alpha value is -8.40. The number of benzene rings is 3. The Kier molecular flexibility index (Phi) is 28.4. The molecule has 0 fully saturated rings.